The van der Waals surface area contributed by atoms with Gasteiger partial charge in [0.2, 0.25) is 5.13 Å². The van der Waals surface area contributed by atoms with Crippen molar-refractivity contribution in [2.75, 3.05) is 7.11 Å². The summed E-state index contributed by atoms with van der Waals surface area (Å²) in [6, 6.07) is 22.9. The van der Waals surface area contributed by atoms with Gasteiger partial charge >= 0.3 is 6.15 Å². The average Bonchev–Trinajstić information content (AvgIpc) is 3.49. The first-order valence-corrected chi connectivity index (χ1v) is 11.8. The van der Waals surface area contributed by atoms with Crippen LogP contribution in [0.25, 0.3) is 38.0 Å². The van der Waals surface area contributed by atoms with Crippen LogP contribution in [-0.4, -0.2) is 28.0 Å². The number of rotatable bonds is 5. The van der Waals surface area contributed by atoms with Crippen molar-refractivity contribution < 1.29 is 18.7 Å². The fourth-order valence-electron chi connectivity index (χ4n) is 3.75. The number of halogens is 1. The summed E-state index contributed by atoms with van der Waals surface area (Å²) in [5, 5.41) is 5.44. The molecule has 2 heterocycles. The number of nitrogens with zero attached hydrogens (tertiary/aromatic N) is 3. The van der Waals surface area contributed by atoms with Gasteiger partial charge in [0.25, 0.3) is 0 Å². The average molecular weight is 500 g/mol. The number of ether oxygens (including phenoxy) is 1. The number of aryl methyl sites for hydroxylation is 2. The molecule has 0 atom stereocenters. The topological polar surface area (TPSA) is 74.1 Å². The van der Waals surface area contributed by atoms with E-state index < -0.39 is 0 Å². The molecule has 0 amide bonds. The Bertz CT molecular complexity index is 1520. The van der Waals surface area contributed by atoms with Crippen LogP contribution >= 0.6 is 11.3 Å². The van der Waals surface area contributed by atoms with E-state index in [0.29, 0.717) is 0 Å². The monoisotopic (exact) mass is 499 g/mol. The molecule has 5 rings (SSSR count). The van der Waals surface area contributed by atoms with Crippen LogP contribution < -0.4 is 4.74 Å². The molecule has 0 N–H and O–H groups in total. The fourth-order valence-corrected chi connectivity index (χ4v) is 4.77. The Kier molecular flexibility index (Phi) is 7.49. The molecule has 2 aromatic heterocycles. The Labute approximate surface area is 211 Å². The zero-order valence-electron chi connectivity index (χ0n) is 19.9. The van der Waals surface area contributed by atoms with Crippen LogP contribution in [0.4, 0.5) is 4.39 Å². The highest BCUT2D eigenvalue weighted by atomic mass is 32.1. The smallest absolute Gasteiger partial charge is 0.373 e. The summed E-state index contributed by atoms with van der Waals surface area (Å²) in [4.78, 5) is 22.3. The maximum Gasteiger partial charge on any atom is 0.373 e. The van der Waals surface area contributed by atoms with Gasteiger partial charge in [-0.05, 0) is 61.4 Å². The van der Waals surface area contributed by atoms with E-state index in [4.69, 9.17) is 24.4 Å². The predicted molar refractivity (Wildman–Crippen MR) is 137 cm³/mol. The lowest BCUT2D eigenvalue weighted by Gasteiger charge is -2.05. The van der Waals surface area contributed by atoms with Gasteiger partial charge in [0, 0.05) is 17.3 Å². The first-order chi connectivity index (χ1) is 17.4. The maximum atomic E-state index is 13.8. The highest BCUT2D eigenvalue weighted by molar-refractivity contribution is 7.18. The third-order valence-corrected chi connectivity index (χ3v) is 6.62. The van der Waals surface area contributed by atoms with Gasteiger partial charge in [-0.15, -0.1) is 0 Å². The number of carbonyl (C=O) groups excluding carboxylic acids is 2. The predicted octanol–water partition coefficient (Wildman–Crippen LogP) is 6.51. The normalized spacial score (nSPS) is 10.3. The lowest BCUT2D eigenvalue weighted by molar-refractivity contribution is -0.191. The standard InChI is InChI=1S/C27H22FN3OS.CO2/c1-17-7-9-20(10-8-17)26-25(19-11-13-23(32-3)14-12-19)29-27(33-26)31-16-24(18(2)30-31)21-5-4-6-22(28)15-21;2-1-3/h4-16H,1-3H3;. The van der Waals surface area contributed by atoms with Crippen LogP contribution in [0.5, 0.6) is 5.75 Å². The highest BCUT2D eigenvalue weighted by Crippen LogP contribution is 2.39. The van der Waals surface area contributed by atoms with E-state index >= 15 is 0 Å². The van der Waals surface area contributed by atoms with Crippen molar-refractivity contribution in [3.63, 3.8) is 0 Å². The molecule has 0 radical (unpaired) electrons. The summed E-state index contributed by atoms with van der Waals surface area (Å²) in [7, 11) is 1.66. The van der Waals surface area contributed by atoms with Crippen molar-refractivity contribution in [1.82, 2.24) is 14.8 Å². The second-order valence-electron chi connectivity index (χ2n) is 7.94. The molecule has 0 bridgehead atoms. The molecule has 0 spiro atoms. The number of hydrogen-bond donors (Lipinski definition) is 0. The van der Waals surface area contributed by atoms with Crippen molar-refractivity contribution in [2.45, 2.75) is 13.8 Å². The molecule has 0 aliphatic carbocycles. The molecule has 0 unspecified atom stereocenters. The van der Waals surface area contributed by atoms with Crippen LogP contribution in [0.3, 0.4) is 0 Å². The summed E-state index contributed by atoms with van der Waals surface area (Å²) >= 11 is 1.58. The van der Waals surface area contributed by atoms with E-state index in [0.717, 1.165) is 49.4 Å². The van der Waals surface area contributed by atoms with Crippen LogP contribution in [-0.2, 0) is 9.59 Å². The Balaban J connectivity index is 0.000000967. The zero-order chi connectivity index (χ0) is 25.7. The second-order valence-corrected chi connectivity index (χ2v) is 8.91. The zero-order valence-corrected chi connectivity index (χ0v) is 20.7. The van der Waals surface area contributed by atoms with Crippen molar-refractivity contribution >= 4 is 17.5 Å². The lowest BCUT2D eigenvalue weighted by Crippen LogP contribution is -1.94. The molecular weight excluding hydrogens is 477 g/mol. The molecule has 6 nitrogen and oxygen atoms in total. The van der Waals surface area contributed by atoms with Crippen LogP contribution in [0.15, 0.2) is 79.0 Å². The maximum absolute atomic E-state index is 13.8. The van der Waals surface area contributed by atoms with Gasteiger partial charge in [-0.3, -0.25) is 0 Å². The molecule has 0 saturated heterocycles. The van der Waals surface area contributed by atoms with Gasteiger partial charge in [-0.2, -0.15) is 14.7 Å². The van der Waals surface area contributed by atoms with Gasteiger partial charge in [0.1, 0.15) is 11.6 Å². The summed E-state index contributed by atoms with van der Waals surface area (Å²) in [6.45, 7) is 4.00. The quantitative estimate of drug-likeness (QED) is 0.276. The molecule has 5 aromatic rings. The summed E-state index contributed by atoms with van der Waals surface area (Å²) < 4.78 is 20.9. The minimum absolute atomic E-state index is 0.250. The summed E-state index contributed by atoms with van der Waals surface area (Å²) in [5.74, 6) is 0.533. The van der Waals surface area contributed by atoms with Gasteiger partial charge < -0.3 is 4.74 Å². The molecule has 8 heteroatoms. The Morgan fingerprint density at radius 3 is 2.22 bits per heavy atom. The molecule has 0 saturated carbocycles. The summed E-state index contributed by atoms with van der Waals surface area (Å²) in [6.07, 6.45) is 2.17. The number of benzene rings is 3. The van der Waals surface area contributed by atoms with Crippen LogP contribution in [0, 0.1) is 19.7 Å². The van der Waals surface area contributed by atoms with Gasteiger partial charge in [0.15, 0.2) is 0 Å². The van der Waals surface area contributed by atoms with E-state index in [1.54, 1.807) is 29.2 Å². The van der Waals surface area contributed by atoms with Gasteiger partial charge in [-0.1, -0.05) is 53.3 Å². The molecule has 0 aliphatic rings. The highest BCUT2D eigenvalue weighted by Gasteiger charge is 2.18. The molecule has 3 aromatic carbocycles. The van der Waals surface area contributed by atoms with Crippen LogP contribution in [0.1, 0.15) is 11.3 Å². The molecular formula is C28H22FN3O3S. The Hall–Kier alpha value is -4.39. The Morgan fingerprint density at radius 2 is 1.58 bits per heavy atom. The van der Waals surface area contributed by atoms with Gasteiger partial charge in [0.05, 0.1) is 23.4 Å². The van der Waals surface area contributed by atoms with Crippen molar-refractivity contribution in [2.24, 2.45) is 0 Å². The van der Waals surface area contributed by atoms with Gasteiger partial charge in [-0.25, -0.2) is 14.1 Å². The SMILES string of the molecule is COc1ccc(-c2nc(-n3cc(-c4cccc(F)c4)c(C)n3)sc2-c2ccc(C)cc2)cc1.O=C=O. The lowest BCUT2D eigenvalue weighted by atomic mass is 10.1. The first-order valence-electron chi connectivity index (χ1n) is 11.0. The third-order valence-electron chi connectivity index (χ3n) is 5.52. The number of methoxy groups -OCH3 is 1. The third kappa shape index (κ3) is 5.30. The minimum Gasteiger partial charge on any atom is -0.497 e. The van der Waals surface area contributed by atoms with E-state index in [1.807, 2.05) is 43.5 Å². The van der Waals surface area contributed by atoms with E-state index in [9.17, 15) is 4.39 Å². The Morgan fingerprint density at radius 1 is 0.917 bits per heavy atom. The van der Waals surface area contributed by atoms with E-state index in [1.165, 1.54) is 17.7 Å². The van der Waals surface area contributed by atoms with Crippen molar-refractivity contribution in [3.05, 3.63) is 96.1 Å². The molecule has 180 valence electrons. The van der Waals surface area contributed by atoms with Crippen molar-refractivity contribution in [1.29, 1.82) is 0 Å². The molecule has 0 aliphatic heterocycles. The largest absolute Gasteiger partial charge is 0.497 e. The molecule has 0 fully saturated rings. The molecule has 36 heavy (non-hydrogen) atoms. The number of aromatic nitrogens is 3. The van der Waals surface area contributed by atoms with Crippen molar-refractivity contribution in [3.8, 4) is 43.7 Å². The summed E-state index contributed by atoms with van der Waals surface area (Å²) in [5.41, 5.74) is 6.70. The van der Waals surface area contributed by atoms with E-state index in [-0.39, 0.29) is 12.0 Å². The number of thiazole rings is 1. The van der Waals surface area contributed by atoms with Crippen LogP contribution in [0.2, 0.25) is 0 Å². The minimum atomic E-state index is -0.266. The van der Waals surface area contributed by atoms with E-state index in [2.05, 4.69) is 31.2 Å². The second kappa shape index (κ2) is 10.9. The number of hydrogen-bond acceptors (Lipinski definition) is 6. The first kappa shape index (κ1) is 24.7. The fraction of sp³-hybridized carbons (Fsp3) is 0.107.